The van der Waals surface area contributed by atoms with Gasteiger partial charge in [-0.3, -0.25) is 9.69 Å². The quantitative estimate of drug-likeness (QED) is 0.886. The minimum Gasteiger partial charge on any atom is -0.327 e. The third-order valence-corrected chi connectivity index (χ3v) is 4.09. The second-order valence-electron chi connectivity index (χ2n) is 5.97. The highest BCUT2D eigenvalue weighted by atomic mass is 35.5. The lowest BCUT2D eigenvalue weighted by Gasteiger charge is -2.34. The second-order valence-corrected chi connectivity index (χ2v) is 6.41. The van der Waals surface area contributed by atoms with Crippen LogP contribution in [-0.2, 0) is 6.54 Å². The van der Waals surface area contributed by atoms with Crippen LogP contribution in [0.15, 0.2) is 23.0 Å². The summed E-state index contributed by atoms with van der Waals surface area (Å²) in [5.74, 6) is 1.25. The first kappa shape index (κ1) is 14.5. The van der Waals surface area contributed by atoms with E-state index in [1.807, 2.05) is 0 Å². The standard InChI is InChI=1S/C15H19ClN4O/c1-9-4-11(17)7-20(6-9)8-14-18-13-3-2-10(16)5-12(13)15(21)19-14/h2-3,5,9,11H,4,6-8,17H2,1H3,(H,18,19,21). The Morgan fingerprint density at radius 2 is 2.29 bits per heavy atom. The van der Waals surface area contributed by atoms with E-state index < -0.39 is 0 Å². The molecule has 3 N–H and O–H groups in total. The summed E-state index contributed by atoms with van der Waals surface area (Å²) in [6.45, 7) is 4.64. The van der Waals surface area contributed by atoms with E-state index in [0.29, 0.717) is 34.2 Å². The van der Waals surface area contributed by atoms with Gasteiger partial charge < -0.3 is 10.7 Å². The molecule has 0 radical (unpaired) electrons. The molecule has 2 aromatic rings. The number of H-pyrrole nitrogens is 1. The molecular weight excluding hydrogens is 288 g/mol. The largest absolute Gasteiger partial charge is 0.327 e. The number of nitrogens with zero attached hydrogens (tertiary/aromatic N) is 2. The number of likely N-dealkylation sites (tertiary alicyclic amines) is 1. The summed E-state index contributed by atoms with van der Waals surface area (Å²) < 4.78 is 0. The molecule has 6 heteroatoms. The van der Waals surface area contributed by atoms with Gasteiger partial charge in [0, 0.05) is 24.2 Å². The Bertz CT molecular complexity index is 704. The number of nitrogens with two attached hydrogens (primary N) is 1. The van der Waals surface area contributed by atoms with E-state index in [2.05, 4.69) is 21.8 Å². The van der Waals surface area contributed by atoms with Crippen molar-refractivity contribution in [3.8, 4) is 0 Å². The Morgan fingerprint density at radius 3 is 3.05 bits per heavy atom. The molecule has 1 aliphatic heterocycles. The molecule has 5 nitrogen and oxygen atoms in total. The molecule has 0 saturated carbocycles. The highest BCUT2D eigenvalue weighted by Crippen LogP contribution is 2.18. The van der Waals surface area contributed by atoms with Crippen LogP contribution in [0.5, 0.6) is 0 Å². The summed E-state index contributed by atoms with van der Waals surface area (Å²) in [6.07, 6.45) is 1.05. The van der Waals surface area contributed by atoms with Crippen molar-refractivity contribution >= 4 is 22.5 Å². The van der Waals surface area contributed by atoms with Crippen LogP contribution in [0.4, 0.5) is 0 Å². The van der Waals surface area contributed by atoms with Crippen molar-refractivity contribution in [2.45, 2.75) is 25.9 Å². The van der Waals surface area contributed by atoms with Gasteiger partial charge in [0.25, 0.3) is 5.56 Å². The van der Waals surface area contributed by atoms with Crippen molar-refractivity contribution in [2.75, 3.05) is 13.1 Å². The monoisotopic (exact) mass is 306 g/mol. The lowest BCUT2D eigenvalue weighted by molar-refractivity contribution is 0.155. The minimum atomic E-state index is -0.146. The number of fused-ring (bicyclic) bond motifs is 1. The number of piperidine rings is 1. The number of aromatic amines is 1. The molecule has 0 bridgehead atoms. The van der Waals surface area contributed by atoms with Gasteiger partial charge in [-0.25, -0.2) is 4.98 Å². The van der Waals surface area contributed by atoms with Crippen LogP contribution in [0, 0.1) is 5.92 Å². The first-order chi connectivity index (χ1) is 10.0. The Labute approximate surface area is 128 Å². The molecule has 1 saturated heterocycles. The van der Waals surface area contributed by atoms with Crippen LogP contribution in [0.25, 0.3) is 10.9 Å². The number of rotatable bonds is 2. The Hall–Kier alpha value is -1.43. The van der Waals surface area contributed by atoms with Gasteiger partial charge in [-0.2, -0.15) is 0 Å². The van der Waals surface area contributed by atoms with E-state index in [4.69, 9.17) is 17.3 Å². The molecule has 1 aliphatic rings. The van der Waals surface area contributed by atoms with Gasteiger partial charge in [0.05, 0.1) is 17.4 Å². The number of halogens is 1. The van der Waals surface area contributed by atoms with Crippen LogP contribution in [-0.4, -0.2) is 34.0 Å². The molecule has 2 atom stereocenters. The van der Waals surface area contributed by atoms with Gasteiger partial charge in [-0.15, -0.1) is 0 Å². The Kier molecular flexibility index (Phi) is 3.97. The van der Waals surface area contributed by atoms with E-state index in [1.165, 1.54) is 0 Å². The molecule has 1 aromatic heterocycles. The highest BCUT2D eigenvalue weighted by molar-refractivity contribution is 6.31. The van der Waals surface area contributed by atoms with Crippen molar-refractivity contribution in [1.82, 2.24) is 14.9 Å². The molecule has 1 fully saturated rings. The number of hydrogen-bond acceptors (Lipinski definition) is 4. The summed E-state index contributed by atoms with van der Waals surface area (Å²) in [5.41, 5.74) is 6.58. The maximum atomic E-state index is 12.1. The number of aromatic nitrogens is 2. The molecular formula is C15H19ClN4O. The van der Waals surface area contributed by atoms with Crippen molar-refractivity contribution < 1.29 is 0 Å². The zero-order chi connectivity index (χ0) is 15.0. The van der Waals surface area contributed by atoms with Gasteiger partial charge in [-0.05, 0) is 30.5 Å². The fraction of sp³-hybridized carbons (Fsp3) is 0.467. The lowest BCUT2D eigenvalue weighted by atomic mass is 9.97. The summed E-state index contributed by atoms with van der Waals surface area (Å²) in [6, 6.07) is 5.37. The van der Waals surface area contributed by atoms with Crippen molar-refractivity contribution in [2.24, 2.45) is 11.7 Å². The Morgan fingerprint density at radius 1 is 1.48 bits per heavy atom. The molecule has 2 unspecified atom stereocenters. The minimum absolute atomic E-state index is 0.146. The van der Waals surface area contributed by atoms with Crippen LogP contribution in [0.3, 0.4) is 0 Å². The molecule has 0 spiro atoms. The fourth-order valence-corrected chi connectivity index (χ4v) is 3.26. The molecule has 3 rings (SSSR count). The van der Waals surface area contributed by atoms with Crippen LogP contribution in [0.2, 0.25) is 5.02 Å². The highest BCUT2D eigenvalue weighted by Gasteiger charge is 2.22. The molecule has 2 heterocycles. The van der Waals surface area contributed by atoms with E-state index in [1.54, 1.807) is 18.2 Å². The lowest BCUT2D eigenvalue weighted by Crippen LogP contribution is -2.46. The number of hydrogen-bond donors (Lipinski definition) is 2. The Balaban J connectivity index is 1.87. The van der Waals surface area contributed by atoms with Crippen LogP contribution in [0.1, 0.15) is 19.2 Å². The second kappa shape index (κ2) is 5.75. The third-order valence-electron chi connectivity index (χ3n) is 3.86. The predicted octanol–water partition coefficient (Wildman–Crippen LogP) is 1.75. The maximum Gasteiger partial charge on any atom is 0.258 e. The van der Waals surface area contributed by atoms with Gasteiger partial charge >= 0.3 is 0 Å². The molecule has 112 valence electrons. The zero-order valence-corrected chi connectivity index (χ0v) is 12.7. The van der Waals surface area contributed by atoms with Crippen molar-refractivity contribution in [1.29, 1.82) is 0 Å². The average molecular weight is 307 g/mol. The predicted molar refractivity (Wildman–Crippen MR) is 84.4 cm³/mol. The van der Waals surface area contributed by atoms with Crippen molar-refractivity contribution in [3.05, 3.63) is 39.4 Å². The zero-order valence-electron chi connectivity index (χ0n) is 12.0. The summed E-state index contributed by atoms with van der Waals surface area (Å²) in [7, 11) is 0. The van der Waals surface area contributed by atoms with Crippen LogP contribution >= 0.6 is 11.6 Å². The smallest absolute Gasteiger partial charge is 0.258 e. The average Bonchev–Trinajstić information content (AvgIpc) is 2.38. The first-order valence-corrected chi connectivity index (χ1v) is 7.55. The summed E-state index contributed by atoms with van der Waals surface area (Å²) in [4.78, 5) is 21.7. The molecule has 0 aliphatic carbocycles. The van der Waals surface area contributed by atoms with E-state index >= 15 is 0 Å². The van der Waals surface area contributed by atoms with E-state index in [0.717, 1.165) is 19.5 Å². The van der Waals surface area contributed by atoms with Gasteiger partial charge in [0.2, 0.25) is 0 Å². The first-order valence-electron chi connectivity index (χ1n) is 7.17. The van der Waals surface area contributed by atoms with Gasteiger partial charge in [0.15, 0.2) is 0 Å². The van der Waals surface area contributed by atoms with Crippen LogP contribution < -0.4 is 11.3 Å². The molecule has 0 amide bonds. The third kappa shape index (κ3) is 3.26. The summed E-state index contributed by atoms with van der Waals surface area (Å²) in [5, 5.41) is 1.06. The van der Waals surface area contributed by atoms with Gasteiger partial charge in [0.1, 0.15) is 5.82 Å². The van der Waals surface area contributed by atoms with Gasteiger partial charge in [-0.1, -0.05) is 18.5 Å². The molecule has 1 aromatic carbocycles. The van der Waals surface area contributed by atoms with Crippen molar-refractivity contribution in [3.63, 3.8) is 0 Å². The normalized spacial score (nSPS) is 23.6. The number of nitrogens with one attached hydrogen (secondary N) is 1. The maximum absolute atomic E-state index is 12.1. The SMILES string of the molecule is CC1CC(N)CN(Cc2nc3ccc(Cl)cc3c(=O)[nH]2)C1. The summed E-state index contributed by atoms with van der Waals surface area (Å²) >= 11 is 5.92. The number of benzene rings is 1. The van der Waals surface area contributed by atoms with E-state index in [9.17, 15) is 4.79 Å². The van der Waals surface area contributed by atoms with E-state index in [-0.39, 0.29) is 11.6 Å². The topological polar surface area (TPSA) is 75.0 Å². The molecule has 21 heavy (non-hydrogen) atoms. The fourth-order valence-electron chi connectivity index (χ4n) is 3.09.